The van der Waals surface area contributed by atoms with Crippen LogP contribution in [0.4, 0.5) is 5.82 Å². The van der Waals surface area contributed by atoms with Gasteiger partial charge in [0, 0.05) is 11.0 Å². The van der Waals surface area contributed by atoms with Gasteiger partial charge in [-0.25, -0.2) is 18.4 Å². The molecule has 0 saturated carbocycles. The van der Waals surface area contributed by atoms with Crippen LogP contribution in [0, 0.1) is 11.3 Å². The molecule has 2 aromatic carbocycles. The summed E-state index contributed by atoms with van der Waals surface area (Å²) in [6.07, 6.45) is 1.91. The number of aromatic nitrogens is 2. The minimum absolute atomic E-state index is 0.251. The van der Waals surface area contributed by atoms with Crippen LogP contribution in [0.15, 0.2) is 60.7 Å². The standard InChI is InChI=1S/C28H27ClN4O3S/c1-5-14-36-27-19(17-30)15-21(16-22(27)29)28(2,3)20-8-6-18(7-9-20)23-10-11-25-24(31-23)12-13-26(32-25)33-37(4,34)35/h6-13,15-16H,5,14H2,1-4H3,(H,32,33). The van der Waals surface area contributed by atoms with Gasteiger partial charge in [-0.2, -0.15) is 5.26 Å². The number of halogens is 1. The first-order valence-electron chi connectivity index (χ1n) is 11.8. The third-order valence-electron chi connectivity index (χ3n) is 6.07. The van der Waals surface area contributed by atoms with Crippen molar-refractivity contribution in [3.8, 4) is 23.1 Å². The zero-order valence-corrected chi connectivity index (χ0v) is 22.6. The largest absolute Gasteiger partial charge is 0.491 e. The zero-order chi connectivity index (χ0) is 26.8. The van der Waals surface area contributed by atoms with Crippen LogP contribution in [0.1, 0.15) is 43.9 Å². The summed E-state index contributed by atoms with van der Waals surface area (Å²) in [6, 6.07) is 21.0. The third-order valence-corrected chi connectivity index (χ3v) is 6.93. The maximum absolute atomic E-state index is 11.5. The van der Waals surface area contributed by atoms with Crippen LogP contribution in [0.3, 0.4) is 0 Å². The van der Waals surface area contributed by atoms with E-state index in [-0.39, 0.29) is 5.82 Å². The van der Waals surface area contributed by atoms with Crippen molar-refractivity contribution in [2.75, 3.05) is 17.6 Å². The summed E-state index contributed by atoms with van der Waals surface area (Å²) in [5, 5.41) is 10.1. The van der Waals surface area contributed by atoms with Gasteiger partial charge in [-0.05, 0) is 53.9 Å². The molecule has 0 atom stereocenters. The van der Waals surface area contributed by atoms with Crippen molar-refractivity contribution in [3.63, 3.8) is 0 Å². The molecule has 0 bridgehead atoms. The number of hydrogen-bond donors (Lipinski definition) is 1. The van der Waals surface area contributed by atoms with E-state index in [9.17, 15) is 13.7 Å². The molecule has 37 heavy (non-hydrogen) atoms. The van der Waals surface area contributed by atoms with Gasteiger partial charge in [-0.1, -0.05) is 56.6 Å². The van der Waals surface area contributed by atoms with Crippen molar-refractivity contribution in [2.24, 2.45) is 0 Å². The van der Waals surface area contributed by atoms with Crippen LogP contribution in [0.5, 0.6) is 5.75 Å². The molecule has 0 unspecified atom stereocenters. The fraction of sp³-hybridized carbons (Fsp3) is 0.250. The number of nitrogens with one attached hydrogen (secondary N) is 1. The smallest absolute Gasteiger partial charge is 0.230 e. The van der Waals surface area contributed by atoms with E-state index in [0.29, 0.717) is 34.0 Å². The molecule has 4 aromatic rings. The van der Waals surface area contributed by atoms with Gasteiger partial charge in [-0.3, -0.25) is 4.72 Å². The van der Waals surface area contributed by atoms with Crippen LogP contribution in [-0.2, 0) is 15.4 Å². The second kappa shape index (κ2) is 10.4. The van der Waals surface area contributed by atoms with Crippen LogP contribution >= 0.6 is 11.6 Å². The molecule has 1 N–H and O–H groups in total. The summed E-state index contributed by atoms with van der Waals surface area (Å²) in [4.78, 5) is 9.02. The van der Waals surface area contributed by atoms with Crippen molar-refractivity contribution in [3.05, 3.63) is 82.4 Å². The first-order chi connectivity index (χ1) is 17.5. The van der Waals surface area contributed by atoms with Gasteiger partial charge in [0.2, 0.25) is 10.0 Å². The van der Waals surface area contributed by atoms with Crippen LogP contribution < -0.4 is 9.46 Å². The lowest BCUT2D eigenvalue weighted by Crippen LogP contribution is -2.19. The Hall–Kier alpha value is -3.67. The molecule has 7 nitrogen and oxygen atoms in total. The SMILES string of the molecule is CCCOc1c(Cl)cc(C(C)(C)c2ccc(-c3ccc4nc(NS(C)(=O)=O)ccc4n3)cc2)cc1C#N. The highest BCUT2D eigenvalue weighted by atomic mass is 35.5. The Balaban J connectivity index is 1.62. The number of sulfonamides is 1. The average molecular weight is 535 g/mol. The number of pyridine rings is 2. The van der Waals surface area contributed by atoms with E-state index < -0.39 is 15.4 Å². The van der Waals surface area contributed by atoms with E-state index in [4.69, 9.17) is 21.3 Å². The number of hydrogen-bond acceptors (Lipinski definition) is 6. The van der Waals surface area contributed by atoms with Crippen molar-refractivity contribution < 1.29 is 13.2 Å². The summed E-state index contributed by atoms with van der Waals surface area (Å²) in [5.41, 5.74) is 4.92. The molecule has 0 amide bonds. The molecule has 0 aliphatic rings. The molecule has 0 fully saturated rings. The Morgan fingerprint density at radius 3 is 2.32 bits per heavy atom. The molecule has 0 spiro atoms. The van der Waals surface area contributed by atoms with Gasteiger partial charge in [0.15, 0.2) is 5.75 Å². The molecule has 190 valence electrons. The fourth-order valence-corrected chi connectivity index (χ4v) is 4.80. The first kappa shape index (κ1) is 26.4. The van der Waals surface area contributed by atoms with Crippen molar-refractivity contribution in [1.29, 1.82) is 5.26 Å². The third kappa shape index (κ3) is 5.85. The second-order valence-electron chi connectivity index (χ2n) is 9.30. The molecular weight excluding hydrogens is 508 g/mol. The highest BCUT2D eigenvalue weighted by molar-refractivity contribution is 7.92. The lowest BCUT2D eigenvalue weighted by atomic mass is 9.77. The molecule has 0 radical (unpaired) electrons. The summed E-state index contributed by atoms with van der Waals surface area (Å²) in [5.74, 6) is 0.678. The predicted octanol–water partition coefficient (Wildman–Crippen LogP) is 6.31. The van der Waals surface area contributed by atoms with Crippen molar-refractivity contribution in [2.45, 2.75) is 32.6 Å². The minimum Gasteiger partial charge on any atom is -0.491 e. The molecule has 0 saturated heterocycles. The van der Waals surface area contributed by atoms with Crippen molar-refractivity contribution >= 4 is 38.5 Å². The lowest BCUT2D eigenvalue weighted by molar-refractivity contribution is 0.316. The zero-order valence-electron chi connectivity index (χ0n) is 21.0. The van der Waals surface area contributed by atoms with E-state index in [1.165, 1.54) is 0 Å². The number of nitrogens with zero attached hydrogens (tertiary/aromatic N) is 3. The number of rotatable bonds is 8. The number of benzene rings is 2. The lowest BCUT2D eigenvalue weighted by Gasteiger charge is -2.27. The predicted molar refractivity (Wildman–Crippen MR) is 148 cm³/mol. The van der Waals surface area contributed by atoms with E-state index in [2.05, 4.69) is 29.6 Å². The van der Waals surface area contributed by atoms with E-state index in [1.54, 1.807) is 12.1 Å². The topological polar surface area (TPSA) is 105 Å². The van der Waals surface area contributed by atoms with Gasteiger partial charge in [0.05, 0.1) is 40.2 Å². The molecule has 4 rings (SSSR count). The molecule has 0 aliphatic carbocycles. The molecular formula is C28H27ClN4O3S. The highest BCUT2D eigenvalue weighted by Crippen LogP contribution is 2.38. The Morgan fingerprint density at radius 2 is 1.68 bits per heavy atom. The normalized spacial score (nSPS) is 11.8. The van der Waals surface area contributed by atoms with Crippen LogP contribution in [-0.4, -0.2) is 31.2 Å². The second-order valence-corrected chi connectivity index (χ2v) is 11.5. The number of nitriles is 1. The van der Waals surface area contributed by atoms with Gasteiger partial charge in [0.25, 0.3) is 0 Å². The van der Waals surface area contributed by atoms with E-state index in [1.807, 2.05) is 55.5 Å². The fourth-order valence-electron chi connectivity index (χ4n) is 4.03. The van der Waals surface area contributed by atoms with Gasteiger partial charge in [0.1, 0.15) is 11.9 Å². The summed E-state index contributed by atoms with van der Waals surface area (Å²) < 4.78 is 31.0. The monoisotopic (exact) mass is 534 g/mol. The number of fused-ring (bicyclic) bond motifs is 1. The summed E-state index contributed by atoms with van der Waals surface area (Å²) in [6.45, 7) is 6.67. The maximum atomic E-state index is 11.5. The Labute approximate surface area is 222 Å². The van der Waals surface area contributed by atoms with Crippen LogP contribution in [0.2, 0.25) is 5.02 Å². The average Bonchev–Trinajstić information content (AvgIpc) is 2.86. The van der Waals surface area contributed by atoms with Crippen LogP contribution in [0.25, 0.3) is 22.3 Å². The Bertz CT molecular complexity index is 1610. The number of ether oxygens (including phenoxy) is 1. The summed E-state index contributed by atoms with van der Waals surface area (Å²) >= 11 is 6.51. The minimum atomic E-state index is -3.41. The number of anilines is 1. The molecule has 2 aromatic heterocycles. The molecule has 9 heteroatoms. The Kier molecular flexibility index (Phi) is 7.39. The summed E-state index contributed by atoms with van der Waals surface area (Å²) in [7, 11) is -3.41. The Morgan fingerprint density at radius 1 is 1.00 bits per heavy atom. The quantitative estimate of drug-likeness (QED) is 0.284. The highest BCUT2D eigenvalue weighted by Gasteiger charge is 2.26. The maximum Gasteiger partial charge on any atom is 0.230 e. The van der Waals surface area contributed by atoms with Gasteiger partial charge < -0.3 is 4.74 Å². The van der Waals surface area contributed by atoms with Gasteiger partial charge in [-0.15, -0.1) is 0 Å². The van der Waals surface area contributed by atoms with E-state index >= 15 is 0 Å². The van der Waals surface area contributed by atoms with Gasteiger partial charge >= 0.3 is 0 Å². The molecule has 0 aliphatic heterocycles. The van der Waals surface area contributed by atoms with E-state index in [0.717, 1.165) is 35.1 Å². The van der Waals surface area contributed by atoms with Crippen molar-refractivity contribution in [1.82, 2.24) is 9.97 Å². The molecule has 2 heterocycles. The first-order valence-corrected chi connectivity index (χ1v) is 14.0.